The number of rotatable bonds is 6. The first-order valence-corrected chi connectivity index (χ1v) is 8.77. The number of nitrogens with one attached hydrogen (secondary N) is 1. The van der Waals surface area contributed by atoms with Gasteiger partial charge in [0, 0.05) is 5.69 Å². The summed E-state index contributed by atoms with van der Waals surface area (Å²) in [5.74, 6) is 0.768. The second-order valence-electron chi connectivity index (χ2n) is 6.26. The van der Waals surface area contributed by atoms with Crippen LogP contribution in [0.1, 0.15) is 42.7 Å². The van der Waals surface area contributed by atoms with Crippen molar-refractivity contribution < 1.29 is 9.53 Å². The Labute approximate surface area is 153 Å². The van der Waals surface area contributed by atoms with E-state index in [2.05, 4.69) is 24.3 Å². The van der Waals surface area contributed by atoms with Crippen LogP contribution in [0.5, 0.6) is 5.75 Å². The Bertz CT molecular complexity index is 868. The van der Waals surface area contributed by atoms with Crippen LogP contribution in [0, 0.1) is 0 Å². The molecule has 0 aliphatic heterocycles. The zero-order chi connectivity index (χ0) is 18.5. The molecule has 0 atom stereocenters. The van der Waals surface area contributed by atoms with E-state index in [4.69, 9.17) is 4.74 Å². The molecule has 3 aromatic rings. The first-order chi connectivity index (χ1) is 12.6. The smallest absolute Gasteiger partial charge is 0.259 e. The lowest BCUT2D eigenvalue weighted by molar-refractivity contribution is 0.102. The highest BCUT2D eigenvalue weighted by Crippen LogP contribution is 2.24. The van der Waals surface area contributed by atoms with Gasteiger partial charge in [0.15, 0.2) is 0 Å². The summed E-state index contributed by atoms with van der Waals surface area (Å²) in [6, 6.07) is 17.2. The molecule has 0 aliphatic rings. The van der Waals surface area contributed by atoms with Crippen molar-refractivity contribution in [2.45, 2.75) is 26.7 Å². The minimum Gasteiger partial charge on any atom is -0.494 e. The summed E-state index contributed by atoms with van der Waals surface area (Å²) in [4.78, 5) is 12.8. The van der Waals surface area contributed by atoms with Gasteiger partial charge in [0.2, 0.25) is 0 Å². The minimum absolute atomic E-state index is 0.152. The van der Waals surface area contributed by atoms with Crippen molar-refractivity contribution in [2.24, 2.45) is 0 Å². The molecule has 0 fully saturated rings. The van der Waals surface area contributed by atoms with Gasteiger partial charge in [-0.2, -0.15) is 5.10 Å². The Morgan fingerprint density at radius 3 is 2.42 bits per heavy atom. The van der Waals surface area contributed by atoms with E-state index in [1.165, 1.54) is 0 Å². The van der Waals surface area contributed by atoms with Gasteiger partial charge in [-0.1, -0.05) is 32.0 Å². The van der Waals surface area contributed by atoms with Gasteiger partial charge in [0.05, 0.1) is 29.7 Å². The summed E-state index contributed by atoms with van der Waals surface area (Å²) in [6.07, 6.45) is 1.63. The summed E-state index contributed by atoms with van der Waals surface area (Å²) < 4.78 is 7.26. The number of aromatic nitrogens is 2. The van der Waals surface area contributed by atoms with Crippen LogP contribution < -0.4 is 10.1 Å². The predicted octanol–water partition coefficient (Wildman–Crippen LogP) is 4.65. The maximum atomic E-state index is 12.8. The molecule has 1 N–H and O–H groups in total. The highest BCUT2D eigenvalue weighted by molar-refractivity contribution is 6.05. The lowest BCUT2D eigenvalue weighted by Crippen LogP contribution is -2.15. The van der Waals surface area contributed by atoms with Crippen LogP contribution in [-0.4, -0.2) is 22.3 Å². The van der Waals surface area contributed by atoms with Crippen molar-refractivity contribution in [1.29, 1.82) is 0 Å². The van der Waals surface area contributed by atoms with Gasteiger partial charge in [-0.15, -0.1) is 0 Å². The van der Waals surface area contributed by atoms with Crippen molar-refractivity contribution in [2.75, 3.05) is 11.9 Å². The first kappa shape index (κ1) is 17.7. The number of carbonyl (C=O) groups excluding carboxylic acids is 1. The largest absolute Gasteiger partial charge is 0.494 e. The fourth-order valence-corrected chi connectivity index (χ4v) is 2.86. The fourth-order valence-electron chi connectivity index (χ4n) is 2.86. The lowest BCUT2D eigenvalue weighted by Gasteiger charge is -2.13. The van der Waals surface area contributed by atoms with E-state index >= 15 is 0 Å². The van der Waals surface area contributed by atoms with Crippen LogP contribution in [0.3, 0.4) is 0 Å². The molecule has 134 valence electrons. The fraction of sp³-hybridized carbons (Fsp3) is 0.238. The van der Waals surface area contributed by atoms with Crippen molar-refractivity contribution in [3.8, 4) is 11.4 Å². The van der Waals surface area contributed by atoms with Crippen LogP contribution in [0.4, 0.5) is 5.69 Å². The second kappa shape index (κ2) is 7.87. The van der Waals surface area contributed by atoms with E-state index < -0.39 is 0 Å². The molecule has 0 radical (unpaired) electrons. The lowest BCUT2D eigenvalue weighted by atomic mass is 10.0. The molecule has 1 heterocycles. The zero-order valence-electron chi connectivity index (χ0n) is 15.3. The number of ether oxygens (including phenoxy) is 1. The van der Waals surface area contributed by atoms with Gasteiger partial charge < -0.3 is 10.1 Å². The topological polar surface area (TPSA) is 56.1 Å². The van der Waals surface area contributed by atoms with Gasteiger partial charge in [-0.25, -0.2) is 4.68 Å². The predicted molar refractivity (Wildman–Crippen MR) is 103 cm³/mol. The van der Waals surface area contributed by atoms with Crippen molar-refractivity contribution >= 4 is 11.6 Å². The van der Waals surface area contributed by atoms with E-state index in [-0.39, 0.29) is 11.8 Å². The molecule has 5 heteroatoms. The number of hydrogen-bond donors (Lipinski definition) is 1. The molecule has 0 saturated heterocycles. The maximum absolute atomic E-state index is 12.8. The average Bonchev–Trinajstić information content (AvgIpc) is 3.10. The quantitative estimate of drug-likeness (QED) is 0.705. The van der Waals surface area contributed by atoms with E-state index in [0.29, 0.717) is 12.2 Å². The monoisotopic (exact) mass is 349 g/mol. The third-order valence-electron chi connectivity index (χ3n) is 4.02. The number of nitrogens with zero attached hydrogens (tertiary/aromatic N) is 2. The molecule has 26 heavy (non-hydrogen) atoms. The van der Waals surface area contributed by atoms with E-state index in [0.717, 1.165) is 22.8 Å². The molecule has 0 saturated carbocycles. The Kier molecular flexibility index (Phi) is 5.37. The molecule has 0 unspecified atom stereocenters. The number of amides is 1. The number of hydrogen-bond acceptors (Lipinski definition) is 3. The second-order valence-corrected chi connectivity index (χ2v) is 6.26. The molecule has 2 aromatic carbocycles. The number of anilines is 1. The molecule has 1 amide bonds. The van der Waals surface area contributed by atoms with Gasteiger partial charge >= 0.3 is 0 Å². The van der Waals surface area contributed by atoms with E-state index in [9.17, 15) is 4.79 Å². The Morgan fingerprint density at radius 1 is 1.12 bits per heavy atom. The average molecular weight is 349 g/mol. The number of para-hydroxylation sites is 1. The molecular weight excluding hydrogens is 326 g/mol. The minimum atomic E-state index is -0.167. The molecule has 3 rings (SSSR count). The highest BCUT2D eigenvalue weighted by Gasteiger charge is 2.21. The summed E-state index contributed by atoms with van der Waals surface area (Å²) in [5.41, 5.74) is 3.13. The number of carbonyl (C=O) groups is 1. The van der Waals surface area contributed by atoms with Crippen LogP contribution in [-0.2, 0) is 0 Å². The molecule has 5 nitrogen and oxygen atoms in total. The molecule has 0 spiro atoms. The van der Waals surface area contributed by atoms with E-state index in [1.54, 1.807) is 6.20 Å². The Hall–Kier alpha value is -3.08. The normalized spacial score (nSPS) is 10.8. The van der Waals surface area contributed by atoms with Gasteiger partial charge in [-0.3, -0.25) is 4.79 Å². The number of benzene rings is 2. The van der Waals surface area contributed by atoms with Crippen molar-refractivity contribution in [1.82, 2.24) is 9.78 Å². The third-order valence-corrected chi connectivity index (χ3v) is 4.02. The molecule has 0 bridgehead atoms. The van der Waals surface area contributed by atoms with Gasteiger partial charge in [0.1, 0.15) is 5.75 Å². The zero-order valence-corrected chi connectivity index (χ0v) is 15.3. The first-order valence-electron chi connectivity index (χ1n) is 8.77. The van der Waals surface area contributed by atoms with Crippen LogP contribution >= 0.6 is 0 Å². The van der Waals surface area contributed by atoms with Crippen molar-refractivity contribution in [3.63, 3.8) is 0 Å². The standard InChI is InChI=1S/C21H23N3O2/c1-4-26-18-12-10-16(11-13-18)23-21(25)19-14-22-24(20(19)15(2)3)17-8-6-5-7-9-17/h5-15H,4H2,1-3H3,(H,23,25). The van der Waals surface area contributed by atoms with Crippen LogP contribution in [0.15, 0.2) is 60.8 Å². The molecule has 1 aromatic heterocycles. The summed E-state index contributed by atoms with van der Waals surface area (Å²) in [7, 11) is 0. The van der Waals surface area contributed by atoms with Crippen LogP contribution in [0.25, 0.3) is 5.69 Å². The van der Waals surface area contributed by atoms with Crippen LogP contribution in [0.2, 0.25) is 0 Å². The molecule has 0 aliphatic carbocycles. The third kappa shape index (κ3) is 3.77. The highest BCUT2D eigenvalue weighted by atomic mass is 16.5. The van der Waals surface area contributed by atoms with Gasteiger partial charge in [-0.05, 0) is 49.2 Å². The molecular formula is C21H23N3O2. The van der Waals surface area contributed by atoms with Gasteiger partial charge in [0.25, 0.3) is 5.91 Å². The summed E-state index contributed by atoms with van der Waals surface area (Å²) >= 11 is 0. The van der Waals surface area contributed by atoms with Crippen molar-refractivity contribution in [3.05, 3.63) is 72.1 Å². The Balaban J connectivity index is 1.86. The summed E-state index contributed by atoms with van der Waals surface area (Å²) in [5, 5.41) is 7.38. The Morgan fingerprint density at radius 2 is 1.81 bits per heavy atom. The van der Waals surface area contributed by atoms with E-state index in [1.807, 2.05) is 66.2 Å². The summed E-state index contributed by atoms with van der Waals surface area (Å²) in [6.45, 7) is 6.67. The SMILES string of the molecule is CCOc1ccc(NC(=O)c2cnn(-c3ccccc3)c2C(C)C)cc1. The maximum Gasteiger partial charge on any atom is 0.259 e.